The Hall–Kier alpha value is -3.46. The molecule has 4 rings (SSSR count). The van der Waals surface area contributed by atoms with Crippen molar-refractivity contribution >= 4 is 23.1 Å². The first kappa shape index (κ1) is 16.0. The number of carbonyl (C=O) groups excluding carboxylic acids is 2. The molecule has 0 unspecified atom stereocenters. The second-order valence-electron chi connectivity index (χ2n) is 6.20. The molecule has 0 amide bonds. The molecule has 0 spiro atoms. The van der Waals surface area contributed by atoms with E-state index in [1.54, 1.807) is 18.2 Å². The molecule has 0 N–H and O–H groups in total. The molecule has 0 atom stereocenters. The number of Topliss-reactive ketones (excluding diaryl/α,β-unsaturated/α-hetero) is 1. The van der Waals surface area contributed by atoms with Crippen molar-refractivity contribution in [3.63, 3.8) is 0 Å². The van der Waals surface area contributed by atoms with Gasteiger partial charge in [-0.3, -0.25) is 4.79 Å². The van der Waals surface area contributed by atoms with Crippen molar-refractivity contribution in [2.24, 2.45) is 0 Å². The first-order chi connectivity index (χ1) is 12.6. The number of hydrogen-bond acceptors (Lipinski definition) is 3. The van der Waals surface area contributed by atoms with Gasteiger partial charge >= 0.3 is 5.97 Å². The van der Waals surface area contributed by atoms with E-state index in [4.69, 9.17) is 4.74 Å². The zero-order valence-corrected chi connectivity index (χ0v) is 14.2. The van der Waals surface area contributed by atoms with Crippen molar-refractivity contribution in [3.05, 3.63) is 107 Å². The predicted molar refractivity (Wildman–Crippen MR) is 101 cm³/mol. The largest absolute Gasteiger partial charge is 0.421 e. The second-order valence-corrected chi connectivity index (χ2v) is 6.20. The minimum Gasteiger partial charge on any atom is -0.421 e. The minimum absolute atomic E-state index is 0.126. The van der Waals surface area contributed by atoms with Gasteiger partial charge in [-0.15, -0.1) is 0 Å². The SMILES string of the molecule is Cc1cccc(C(=O)OC2=C(c3ccccc3)C(=O)c3ccccc32)c1. The van der Waals surface area contributed by atoms with Crippen LogP contribution in [0.3, 0.4) is 0 Å². The Kier molecular flexibility index (Phi) is 3.98. The zero-order chi connectivity index (χ0) is 18.1. The summed E-state index contributed by atoms with van der Waals surface area (Å²) in [5, 5.41) is 0. The van der Waals surface area contributed by atoms with Gasteiger partial charge in [0, 0.05) is 11.1 Å². The number of aryl methyl sites for hydroxylation is 1. The number of ether oxygens (including phenoxy) is 1. The molecule has 0 fully saturated rings. The van der Waals surface area contributed by atoms with Crippen LogP contribution in [0.15, 0.2) is 78.9 Å². The van der Waals surface area contributed by atoms with Gasteiger partial charge in [0.2, 0.25) is 0 Å². The molecule has 0 saturated heterocycles. The van der Waals surface area contributed by atoms with Crippen LogP contribution >= 0.6 is 0 Å². The normalized spacial score (nSPS) is 12.9. The number of ketones is 1. The molecular formula is C23H16O3. The van der Waals surface area contributed by atoms with E-state index in [-0.39, 0.29) is 5.78 Å². The Balaban J connectivity index is 1.82. The lowest BCUT2D eigenvalue weighted by molar-refractivity contribution is 0.0693. The maximum Gasteiger partial charge on any atom is 0.343 e. The standard InChI is InChI=1S/C23H16O3/c1-15-8-7-11-17(14-15)23(25)26-22-19-13-6-5-12-18(19)21(24)20(22)16-9-3-2-4-10-16/h2-14H,1H3. The summed E-state index contributed by atoms with van der Waals surface area (Å²) in [6.45, 7) is 1.92. The Labute approximate surface area is 151 Å². The van der Waals surface area contributed by atoms with Crippen molar-refractivity contribution in [2.45, 2.75) is 6.92 Å². The van der Waals surface area contributed by atoms with E-state index in [9.17, 15) is 9.59 Å². The molecular weight excluding hydrogens is 324 g/mol. The molecule has 0 saturated carbocycles. The van der Waals surface area contributed by atoms with Gasteiger partial charge in [-0.2, -0.15) is 0 Å². The Morgan fingerprint density at radius 3 is 2.23 bits per heavy atom. The highest BCUT2D eigenvalue weighted by molar-refractivity contribution is 6.39. The molecule has 1 aliphatic carbocycles. The quantitative estimate of drug-likeness (QED) is 0.636. The van der Waals surface area contributed by atoms with Crippen molar-refractivity contribution in [2.75, 3.05) is 0 Å². The van der Waals surface area contributed by atoms with E-state index in [2.05, 4.69) is 0 Å². The summed E-state index contributed by atoms with van der Waals surface area (Å²) in [7, 11) is 0. The summed E-state index contributed by atoms with van der Waals surface area (Å²) in [6.07, 6.45) is 0. The fraction of sp³-hybridized carbons (Fsp3) is 0.0435. The fourth-order valence-corrected chi connectivity index (χ4v) is 3.15. The van der Waals surface area contributed by atoms with E-state index >= 15 is 0 Å². The third kappa shape index (κ3) is 2.74. The van der Waals surface area contributed by atoms with Gasteiger partial charge in [-0.05, 0) is 24.6 Å². The molecule has 26 heavy (non-hydrogen) atoms. The van der Waals surface area contributed by atoms with Gasteiger partial charge < -0.3 is 4.74 Å². The van der Waals surface area contributed by atoms with Crippen molar-refractivity contribution in [1.29, 1.82) is 0 Å². The third-order valence-corrected chi connectivity index (χ3v) is 4.38. The highest BCUT2D eigenvalue weighted by Crippen LogP contribution is 2.39. The van der Waals surface area contributed by atoms with Gasteiger partial charge in [0.05, 0.1) is 11.1 Å². The lowest BCUT2D eigenvalue weighted by Gasteiger charge is -2.09. The molecule has 0 bridgehead atoms. The first-order valence-corrected chi connectivity index (χ1v) is 8.38. The van der Waals surface area contributed by atoms with E-state index in [0.717, 1.165) is 11.1 Å². The third-order valence-electron chi connectivity index (χ3n) is 4.38. The van der Waals surface area contributed by atoms with Crippen molar-refractivity contribution in [1.82, 2.24) is 0 Å². The van der Waals surface area contributed by atoms with Crippen molar-refractivity contribution in [3.8, 4) is 0 Å². The predicted octanol–water partition coefficient (Wildman–Crippen LogP) is 4.92. The van der Waals surface area contributed by atoms with Crippen LogP contribution in [0.5, 0.6) is 0 Å². The lowest BCUT2D eigenvalue weighted by Crippen LogP contribution is -2.05. The monoisotopic (exact) mass is 340 g/mol. The van der Waals surface area contributed by atoms with Crippen LogP contribution in [0.2, 0.25) is 0 Å². The first-order valence-electron chi connectivity index (χ1n) is 8.38. The van der Waals surface area contributed by atoms with Crippen LogP contribution in [0, 0.1) is 6.92 Å². The average molecular weight is 340 g/mol. The molecule has 3 aromatic carbocycles. The Bertz CT molecular complexity index is 1050. The van der Waals surface area contributed by atoms with E-state index in [1.807, 2.05) is 67.6 Å². The highest BCUT2D eigenvalue weighted by atomic mass is 16.5. The second kappa shape index (κ2) is 6.45. The molecule has 126 valence electrons. The van der Waals surface area contributed by atoms with Crippen LogP contribution < -0.4 is 0 Å². The van der Waals surface area contributed by atoms with Gasteiger partial charge in [0.25, 0.3) is 0 Å². The molecule has 3 heteroatoms. The fourth-order valence-electron chi connectivity index (χ4n) is 3.15. The number of benzene rings is 3. The summed E-state index contributed by atoms with van der Waals surface area (Å²) in [5.41, 5.74) is 3.80. The summed E-state index contributed by atoms with van der Waals surface area (Å²) < 4.78 is 5.74. The van der Waals surface area contributed by atoms with Crippen LogP contribution in [-0.2, 0) is 4.74 Å². The van der Waals surface area contributed by atoms with Crippen molar-refractivity contribution < 1.29 is 14.3 Å². The van der Waals surface area contributed by atoms with Gasteiger partial charge in [0.1, 0.15) is 0 Å². The Morgan fingerprint density at radius 1 is 0.808 bits per heavy atom. The Morgan fingerprint density at radius 2 is 1.50 bits per heavy atom. The average Bonchev–Trinajstić information content (AvgIpc) is 2.95. The van der Waals surface area contributed by atoms with Gasteiger partial charge in [-0.25, -0.2) is 4.79 Å². The molecule has 0 heterocycles. The number of carbonyl (C=O) groups is 2. The van der Waals surface area contributed by atoms with Crippen LogP contribution in [0.1, 0.15) is 37.4 Å². The smallest absolute Gasteiger partial charge is 0.343 e. The summed E-state index contributed by atoms with van der Waals surface area (Å²) in [6, 6.07) is 23.7. The summed E-state index contributed by atoms with van der Waals surface area (Å²) >= 11 is 0. The van der Waals surface area contributed by atoms with E-state index < -0.39 is 5.97 Å². The van der Waals surface area contributed by atoms with Gasteiger partial charge in [-0.1, -0.05) is 72.3 Å². The summed E-state index contributed by atoms with van der Waals surface area (Å²) in [4.78, 5) is 25.6. The molecule has 1 aliphatic rings. The molecule has 0 aliphatic heterocycles. The van der Waals surface area contributed by atoms with Crippen LogP contribution in [0.4, 0.5) is 0 Å². The zero-order valence-electron chi connectivity index (χ0n) is 14.2. The number of hydrogen-bond donors (Lipinski definition) is 0. The maximum absolute atomic E-state index is 12.9. The van der Waals surface area contributed by atoms with Crippen LogP contribution in [-0.4, -0.2) is 11.8 Å². The number of allylic oxidation sites excluding steroid dienone is 1. The van der Waals surface area contributed by atoms with E-state index in [1.165, 1.54) is 0 Å². The molecule has 0 aromatic heterocycles. The highest BCUT2D eigenvalue weighted by Gasteiger charge is 2.33. The number of fused-ring (bicyclic) bond motifs is 1. The lowest BCUT2D eigenvalue weighted by atomic mass is 10.0. The minimum atomic E-state index is -0.471. The number of esters is 1. The van der Waals surface area contributed by atoms with Gasteiger partial charge in [0.15, 0.2) is 11.5 Å². The number of rotatable bonds is 3. The van der Waals surface area contributed by atoms with E-state index in [0.29, 0.717) is 28.0 Å². The topological polar surface area (TPSA) is 43.4 Å². The molecule has 0 radical (unpaired) electrons. The summed E-state index contributed by atoms with van der Waals surface area (Å²) in [5.74, 6) is -0.274. The maximum atomic E-state index is 12.9. The molecule has 3 nitrogen and oxygen atoms in total. The molecule has 3 aromatic rings. The van der Waals surface area contributed by atoms with Crippen LogP contribution in [0.25, 0.3) is 11.3 Å².